The normalized spacial score (nSPS) is 15.2. The Morgan fingerprint density at radius 3 is 2.48 bits per heavy atom. The summed E-state index contributed by atoms with van der Waals surface area (Å²) in [6.07, 6.45) is 1.53. The van der Waals surface area contributed by atoms with E-state index in [2.05, 4.69) is 15.1 Å². The molecule has 4 rings (SSSR count). The number of benzene rings is 1. The van der Waals surface area contributed by atoms with Crippen LogP contribution < -0.4 is 10.5 Å². The number of carbonyl (C=O) groups is 1. The van der Waals surface area contributed by atoms with Gasteiger partial charge < -0.3 is 9.80 Å². The number of hydrogen-bond donors (Lipinski definition) is 1. The van der Waals surface area contributed by atoms with Crippen LogP contribution in [0.1, 0.15) is 31.1 Å². The van der Waals surface area contributed by atoms with Crippen molar-refractivity contribution in [3.63, 3.8) is 0 Å². The van der Waals surface area contributed by atoms with Gasteiger partial charge in [-0.15, -0.1) is 0 Å². The van der Waals surface area contributed by atoms with Gasteiger partial charge in [-0.25, -0.2) is 9.07 Å². The van der Waals surface area contributed by atoms with Crippen LogP contribution in [0.25, 0.3) is 11.0 Å². The van der Waals surface area contributed by atoms with Crippen LogP contribution in [0.4, 0.5) is 10.3 Å². The van der Waals surface area contributed by atoms with Crippen molar-refractivity contribution in [2.45, 2.75) is 26.3 Å². The molecular weight excluding hydrogens is 375 g/mol. The van der Waals surface area contributed by atoms with E-state index in [1.807, 2.05) is 25.7 Å². The summed E-state index contributed by atoms with van der Waals surface area (Å²) >= 11 is 0. The number of hydrogen-bond acceptors (Lipinski definition) is 5. The minimum Gasteiger partial charge on any atom is -0.339 e. The van der Waals surface area contributed by atoms with Crippen molar-refractivity contribution in [3.05, 3.63) is 52.2 Å². The van der Waals surface area contributed by atoms with Crippen molar-refractivity contribution in [3.8, 4) is 0 Å². The molecule has 0 aliphatic carbocycles. The van der Waals surface area contributed by atoms with E-state index >= 15 is 0 Å². The molecule has 0 unspecified atom stereocenters. The zero-order chi connectivity index (χ0) is 20.8. The lowest BCUT2D eigenvalue weighted by atomic mass is 10.1. The van der Waals surface area contributed by atoms with Crippen molar-refractivity contribution in [2.24, 2.45) is 0 Å². The summed E-state index contributed by atoms with van der Waals surface area (Å²) in [5, 5.41) is 4.76. The standard InChI is InChI=1S/C20H23FN6O2/c1-20(2,3)27-16-14(12-22-27)17(28)24-19(23-16)26-10-8-25(9-11-26)18(29)13-6-4-5-7-15(13)21/h4-7,12H,8-11H2,1-3H3,(H,23,24,28). The Morgan fingerprint density at radius 1 is 1.14 bits per heavy atom. The molecule has 3 aromatic rings. The number of anilines is 1. The number of fused-ring (bicyclic) bond motifs is 1. The molecule has 152 valence electrons. The predicted octanol–water partition coefficient (Wildman–Crippen LogP) is 1.98. The lowest BCUT2D eigenvalue weighted by Crippen LogP contribution is -2.49. The number of rotatable bonds is 2. The zero-order valence-corrected chi connectivity index (χ0v) is 16.6. The Hall–Kier alpha value is -3.23. The summed E-state index contributed by atoms with van der Waals surface area (Å²) < 4.78 is 15.7. The van der Waals surface area contributed by atoms with Gasteiger partial charge in [0.1, 0.15) is 11.2 Å². The molecule has 1 amide bonds. The fourth-order valence-corrected chi connectivity index (χ4v) is 3.47. The van der Waals surface area contributed by atoms with Crippen LogP contribution in [0, 0.1) is 5.82 Å². The fraction of sp³-hybridized carbons (Fsp3) is 0.400. The zero-order valence-electron chi connectivity index (χ0n) is 16.6. The van der Waals surface area contributed by atoms with Crippen molar-refractivity contribution >= 4 is 22.9 Å². The summed E-state index contributed by atoms with van der Waals surface area (Å²) in [5.74, 6) is -0.399. The van der Waals surface area contributed by atoms with E-state index in [1.54, 1.807) is 21.7 Å². The van der Waals surface area contributed by atoms with Gasteiger partial charge in [-0.05, 0) is 32.9 Å². The average molecular weight is 398 g/mol. The first-order chi connectivity index (χ1) is 13.8. The second-order valence-corrected chi connectivity index (χ2v) is 8.11. The molecule has 1 aromatic carbocycles. The molecule has 1 fully saturated rings. The first-order valence-electron chi connectivity index (χ1n) is 9.53. The van der Waals surface area contributed by atoms with E-state index < -0.39 is 5.82 Å². The molecule has 1 N–H and O–H groups in total. The Balaban J connectivity index is 1.56. The van der Waals surface area contributed by atoms with E-state index in [1.165, 1.54) is 18.3 Å². The van der Waals surface area contributed by atoms with Crippen LogP contribution in [-0.4, -0.2) is 56.7 Å². The van der Waals surface area contributed by atoms with E-state index in [4.69, 9.17) is 0 Å². The summed E-state index contributed by atoms with van der Waals surface area (Å²) in [7, 11) is 0. The fourth-order valence-electron chi connectivity index (χ4n) is 3.47. The molecule has 8 nitrogen and oxygen atoms in total. The molecule has 1 aliphatic rings. The third-order valence-electron chi connectivity index (χ3n) is 5.03. The van der Waals surface area contributed by atoms with Crippen molar-refractivity contribution in [1.29, 1.82) is 0 Å². The average Bonchev–Trinajstić information content (AvgIpc) is 3.13. The largest absolute Gasteiger partial charge is 0.339 e. The highest BCUT2D eigenvalue weighted by molar-refractivity contribution is 5.94. The highest BCUT2D eigenvalue weighted by atomic mass is 19.1. The second-order valence-electron chi connectivity index (χ2n) is 8.11. The highest BCUT2D eigenvalue weighted by Gasteiger charge is 2.26. The van der Waals surface area contributed by atoms with Crippen LogP contribution >= 0.6 is 0 Å². The van der Waals surface area contributed by atoms with E-state index in [-0.39, 0.29) is 22.6 Å². The molecular formula is C20H23FN6O2. The van der Waals surface area contributed by atoms with Gasteiger partial charge in [0.2, 0.25) is 5.95 Å². The maximum absolute atomic E-state index is 13.9. The van der Waals surface area contributed by atoms with Gasteiger partial charge in [0.15, 0.2) is 5.65 Å². The Bertz CT molecular complexity index is 1120. The number of carbonyl (C=O) groups excluding carboxylic acids is 1. The summed E-state index contributed by atoms with van der Waals surface area (Å²) in [6, 6.07) is 5.98. The van der Waals surface area contributed by atoms with E-state index in [0.717, 1.165) is 0 Å². The smallest absolute Gasteiger partial charge is 0.263 e. The molecule has 1 saturated heterocycles. The lowest BCUT2D eigenvalue weighted by molar-refractivity contribution is 0.0741. The van der Waals surface area contributed by atoms with Gasteiger partial charge in [0, 0.05) is 26.2 Å². The van der Waals surface area contributed by atoms with E-state index in [0.29, 0.717) is 43.2 Å². The second kappa shape index (κ2) is 6.98. The van der Waals surface area contributed by atoms with Gasteiger partial charge in [0.05, 0.1) is 17.3 Å². The molecule has 1 aliphatic heterocycles. The number of halogens is 1. The number of aromatic amines is 1. The molecule has 0 radical (unpaired) electrons. The number of piperazine rings is 1. The monoisotopic (exact) mass is 398 g/mol. The molecule has 2 aromatic heterocycles. The molecule has 0 spiro atoms. The third kappa shape index (κ3) is 3.48. The Kier molecular flexibility index (Phi) is 4.60. The third-order valence-corrected chi connectivity index (χ3v) is 5.03. The van der Waals surface area contributed by atoms with Crippen LogP contribution in [-0.2, 0) is 5.54 Å². The first-order valence-corrected chi connectivity index (χ1v) is 9.53. The number of amides is 1. The van der Waals surface area contributed by atoms with Gasteiger partial charge in [0.25, 0.3) is 11.5 Å². The minimum atomic E-state index is -0.521. The highest BCUT2D eigenvalue weighted by Crippen LogP contribution is 2.20. The van der Waals surface area contributed by atoms with Crippen LogP contribution in [0.5, 0.6) is 0 Å². The molecule has 3 heterocycles. The summed E-state index contributed by atoms with van der Waals surface area (Å²) in [4.78, 5) is 36.1. The SMILES string of the molecule is CC(C)(C)n1ncc2c(=O)[nH]c(N3CCN(C(=O)c4ccccc4F)CC3)nc21. The maximum atomic E-state index is 13.9. The molecule has 0 bridgehead atoms. The number of nitrogens with zero attached hydrogens (tertiary/aromatic N) is 5. The van der Waals surface area contributed by atoms with Gasteiger partial charge >= 0.3 is 0 Å². The quantitative estimate of drug-likeness (QED) is 0.713. The van der Waals surface area contributed by atoms with Gasteiger partial charge in [-0.3, -0.25) is 14.6 Å². The van der Waals surface area contributed by atoms with Gasteiger partial charge in [-0.2, -0.15) is 10.1 Å². The predicted molar refractivity (Wildman–Crippen MR) is 108 cm³/mol. The van der Waals surface area contributed by atoms with Crippen LogP contribution in [0.3, 0.4) is 0 Å². The van der Waals surface area contributed by atoms with E-state index in [9.17, 15) is 14.0 Å². The van der Waals surface area contributed by atoms with Gasteiger partial charge in [-0.1, -0.05) is 12.1 Å². The number of nitrogens with one attached hydrogen (secondary N) is 1. The van der Waals surface area contributed by atoms with Crippen molar-refractivity contribution < 1.29 is 9.18 Å². The topological polar surface area (TPSA) is 87.1 Å². The van der Waals surface area contributed by atoms with Crippen LogP contribution in [0.2, 0.25) is 0 Å². The van der Waals surface area contributed by atoms with Crippen molar-refractivity contribution in [1.82, 2.24) is 24.6 Å². The molecule has 9 heteroatoms. The number of H-pyrrole nitrogens is 1. The molecule has 0 saturated carbocycles. The van der Waals surface area contributed by atoms with Crippen molar-refractivity contribution in [2.75, 3.05) is 31.1 Å². The summed E-state index contributed by atoms with van der Waals surface area (Å²) in [6.45, 7) is 7.77. The van der Waals surface area contributed by atoms with Crippen LogP contribution in [0.15, 0.2) is 35.3 Å². The molecule has 0 atom stereocenters. The Morgan fingerprint density at radius 2 is 1.83 bits per heavy atom. The Labute approximate surface area is 167 Å². The molecule has 29 heavy (non-hydrogen) atoms. The first kappa shape index (κ1) is 19.1. The maximum Gasteiger partial charge on any atom is 0.263 e. The number of aromatic nitrogens is 4. The lowest BCUT2D eigenvalue weighted by Gasteiger charge is -2.35. The summed E-state index contributed by atoms with van der Waals surface area (Å²) in [5.41, 5.74) is 0.0412. The minimum absolute atomic E-state index is 0.0722.